The Balaban J connectivity index is 1.68. The fourth-order valence-corrected chi connectivity index (χ4v) is 4.16. The van der Waals surface area contributed by atoms with Gasteiger partial charge in [-0.05, 0) is 90.0 Å². The van der Waals surface area contributed by atoms with Gasteiger partial charge >= 0.3 is 0 Å². The van der Waals surface area contributed by atoms with E-state index in [0.29, 0.717) is 48.4 Å². The smallest absolute Gasteiger partial charge is 0.271 e. The van der Waals surface area contributed by atoms with Crippen LogP contribution in [0.2, 0.25) is 0 Å². The Bertz CT molecular complexity index is 1190. The van der Waals surface area contributed by atoms with E-state index in [4.69, 9.17) is 18.9 Å². The second-order valence-corrected chi connectivity index (χ2v) is 9.25. The molecular weight excluding hydrogens is 627 g/mol. The molecule has 1 N–H and O–H groups in total. The second-order valence-electron chi connectivity index (χ2n) is 7.18. The van der Waals surface area contributed by atoms with Crippen molar-refractivity contribution in [3.05, 3.63) is 79.3 Å². The number of nitrogens with zero attached hydrogens (tertiary/aromatic N) is 1. The van der Waals surface area contributed by atoms with E-state index in [1.54, 1.807) is 37.6 Å². The zero-order valence-electron chi connectivity index (χ0n) is 19.6. The number of amides is 1. The summed E-state index contributed by atoms with van der Waals surface area (Å²) < 4.78 is 24.5. The SMILES string of the molecule is CCOc1ccc(C(=O)N/N=C/c2cc(I)c(OCc3ccc(Br)cc3)c(OC)c2)cc1OCC. The van der Waals surface area contributed by atoms with Crippen molar-refractivity contribution in [3.8, 4) is 23.0 Å². The molecule has 0 unspecified atom stereocenters. The number of benzene rings is 3. The maximum atomic E-state index is 12.6. The number of methoxy groups -OCH3 is 1. The monoisotopic (exact) mass is 652 g/mol. The van der Waals surface area contributed by atoms with Gasteiger partial charge in [0.15, 0.2) is 23.0 Å². The minimum absolute atomic E-state index is 0.360. The zero-order chi connectivity index (χ0) is 25.2. The first-order valence-corrected chi connectivity index (χ1v) is 12.8. The van der Waals surface area contributed by atoms with E-state index in [1.807, 2.05) is 44.2 Å². The highest BCUT2D eigenvalue weighted by Crippen LogP contribution is 2.34. The molecule has 0 heterocycles. The largest absolute Gasteiger partial charge is 0.493 e. The van der Waals surface area contributed by atoms with Crippen molar-refractivity contribution in [2.24, 2.45) is 5.10 Å². The molecule has 0 aliphatic carbocycles. The van der Waals surface area contributed by atoms with Crippen molar-refractivity contribution < 1.29 is 23.7 Å². The molecule has 3 aromatic carbocycles. The van der Waals surface area contributed by atoms with Gasteiger partial charge in [0, 0.05) is 10.0 Å². The third-order valence-electron chi connectivity index (χ3n) is 4.73. The van der Waals surface area contributed by atoms with Gasteiger partial charge in [-0.1, -0.05) is 28.1 Å². The maximum Gasteiger partial charge on any atom is 0.271 e. The number of nitrogens with one attached hydrogen (secondary N) is 1. The van der Waals surface area contributed by atoms with Gasteiger partial charge < -0.3 is 18.9 Å². The summed E-state index contributed by atoms with van der Waals surface area (Å²) in [6, 6.07) is 16.7. The Morgan fingerprint density at radius 3 is 2.37 bits per heavy atom. The topological polar surface area (TPSA) is 78.4 Å². The molecule has 0 saturated heterocycles. The molecule has 0 spiro atoms. The minimum Gasteiger partial charge on any atom is -0.493 e. The van der Waals surface area contributed by atoms with Crippen LogP contribution in [0.25, 0.3) is 0 Å². The maximum absolute atomic E-state index is 12.6. The van der Waals surface area contributed by atoms with Gasteiger partial charge in [0.2, 0.25) is 0 Å². The Hall–Kier alpha value is -2.79. The zero-order valence-corrected chi connectivity index (χ0v) is 23.4. The average molecular weight is 653 g/mol. The molecule has 35 heavy (non-hydrogen) atoms. The predicted molar refractivity (Wildman–Crippen MR) is 148 cm³/mol. The van der Waals surface area contributed by atoms with Crippen LogP contribution in [0.15, 0.2) is 64.2 Å². The number of carbonyl (C=O) groups is 1. The van der Waals surface area contributed by atoms with Crippen LogP contribution >= 0.6 is 38.5 Å². The summed E-state index contributed by atoms with van der Waals surface area (Å²) in [4.78, 5) is 12.6. The van der Waals surface area contributed by atoms with Crippen LogP contribution in [-0.2, 0) is 6.61 Å². The molecule has 3 rings (SSSR count). The molecule has 3 aromatic rings. The first kappa shape index (κ1) is 26.8. The number of ether oxygens (including phenoxy) is 4. The van der Waals surface area contributed by atoms with Crippen LogP contribution in [0.4, 0.5) is 0 Å². The summed E-state index contributed by atoms with van der Waals surface area (Å²) in [6.45, 7) is 5.15. The third kappa shape index (κ3) is 7.60. The third-order valence-corrected chi connectivity index (χ3v) is 6.06. The summed E-state index contributed by atoms with van der Waals surface area (Å²) in [5.74, 6) is 1.98. The molecule has 0 aromatic heterocycles. The molecule has 0 bridgehead atoms. The molecule has 0 atom stereocenters. The van der Waals surface area contributed by atoms with Gasteiger partial charge in [-0.2, -0.15) is 5.10 Å². The molecule has 0 aliphatic rings. The van der Waals surface area contributed by atoms with E-state index < -0.39 is 0 Å². The molecule has 9 heteroatoms. The number of rotatable bonds is 11. The van der Waals surface area contributed by atoms with Gasteiger partial charge in [0.1, 0.15) is 6.61 Å². The Labute approximate surface area is 227 Å². The van der Waals surface area contributed by atoms with E-state index in [1.165, 1.54) is 0 Å². The lowest BCUT2D eigenvalue weighted by Gasteiger charge is -2.13. The van der Waals surface area contributed by atoms with E-state index in [-0.39, 0.29) is 5.91 Å². The molecule has 1 amide bonds. The van der Waals surface area contributed by atoms with Crippen molar-refractivity contribution in [2.75, 3.05) is 20.3 Å². The number of hydrogen-bond donors (Lipinski definition) is 1. The van der Waals surface area contributed by atoms with Crippen LogP contribution in [0.1, 0.15) is 35.3 Å². The highest BCUT2D eigenvalue weighted by molar-refractivity contribution is 14.1. The van der Waals surface area contributed by atoms with Crippen molar-refractivity contribution in [1.82, 2.24) is 5.43 Å². The first-order valence-electron chi connectivity index (χ1n) is 10.9. The van der Waals surface area contributed by atoms with Crippen LogP contribution in [-0.4, -0.2) is 32.4 Å². The van der Waals surface area contributed by atoms with Crippen LogP contribution in [0.5, 0.6) is 23.0 Å². The normalized spacial score (nSPS) is 10.8. The van der Waals surface area contributed by atoms with Crippen LogP contribution in [0, 0.1) is 3.57 Å². The number of halogens is 2. The van der Waals surface area contributed by atoms with E-state index in [0.717, 1.165) is 19.2 Å². The summed E-state index contributed by atoms with van der Waals surface area (Å²) in [5, 5.41) is 4.10. The highest BCUT2D eigenvalue weighted by atomic mass is 127. The lowest BCUT2D eigenvalue weighted by atomic mass is 10.2. The van der Waals surface area contributed by atoms with Gasteiger partial charge in [0.05, 0.1) is 30.1 Å². The lowest BCUT2D eigenvalue weighted by molar-refractivity contribution is 0.0954. The fourth-order valence-electron chi connectivity index (χ4n) is 3.11. The fraction of sp³-hybridized carbons (Fsp3) is 0.231. The summed E-state index contributed by atoms with van der Waals surface area (Å²) in [6.07, 6.45) is 1.55. The summed E-state index contributed by atoms with van der Waals surface area (Å²) in [7, 11) is 1.59. The standard InChI is InChI=1S/C26H26BrIN2O5/c1-4-33-22-11-8-19(14-23(22)34-5-2)26(31)30-29-15-18-12-21(28)25(24(13-18)32-3)35-16-17-6-9-20(27)10-7-17/h6-15H,4-5,16H2,1-3H3,(H,30,31)/b29-15+. The molecule has 0 radical (unpaired) electrons. The van der Waals surface area contributed by atoms with E-state index in [2.05, 4.69) is 49.0 Å². The van der Waals surface area contributed by atoms with Crippen LogP contribution < -0.4 is 24.4 Å². The molecule has 184 valence electrons. The molecule has 0 fully saturated rings. The molecule has 7 nitrogen and oxygen atoms in total. The minimum atomic E-state index is -0.360. The van der Waals surface area contributed by atoms with Crippen molar-refractivity contribution in [2.45, 2.75) is 20.5 Å². The Morgan fingerprint density at radius 1 is 0.971 bits per heavy atom. The number of hydrazone groups is 1. The van der Waals surface area contributed by atoms with Gasteiger partial charge in [-0.25, -0.2) is 5.43 Å². The first-order chi connectivity index (χ1) is 16.9. The Morgan fingerprint density at radius 2 is 1.69 bits per heavy atom. The van der Waals surface area contributed by atoms with E-state index in [9.17, 15) is 4.79 Å². The van der Waals surface area contributed by atoms with Gasteiger partial charge in [0.25, 0.3) is 5.91 Å². The van der Waals surface area contributed by atoms with Gasteiger partial charge in [-0.15, -0.1) is 0 Å². The number of hydrogen-bond acceptors (Lipinski definition) is 6. The molecular formula is C26H26BrIN2O5. The summed E-state index contributed by atoms with van der Waals surface area (Å²) in [5.41, 5.74) is 4.76. The van der Waals surface area contributed by atoms with Gasteiger partial charge in [-0.3, -0.25) is 4.79 Å². The highest BCUT2D eigenvalue weighted by Gasteiger charge is 2.13. The lowest BCUT2D eigenvalue weighted by Crippen LogP contribution is -2.17. The second kappa shape index (κ2) is 13.3. The van der Waals surface area contributed by atoms with Crippen molar-refractivity contribution in [3.63, 3.8) is 0 Å². The number of carbonyl (C=O) groups excluding carboxylic acids is 1. The predicted octanol–water partition coefficient (Wildman–Crippen LogP) is 6.20. The molecule has 0 saturated carbocycles. The summed E-state index contributed by atoms with van der Waals surface area (Å²) >= 11 is 5.62. The van der Waals surface area contributed by atoms with Crippen molar-refractivity contribution in [1.29, 1.82) is 0 Å². The van der Waals surface area contributed by atoms with E-state index >= 15 is 0 Å². The van der Waals surface area contributed by atoms with Crippen LogP contribution in [0.3, 0.4) is 0 Å². The quantitative estimate of drug-likeness (QED) is 0.152. The Kier molecular flexibility index (Phi) is 10.2. The average Bonchev–Trinajstić information content (AvgIpc) is 2.85. The molecule has 0 aliphatic heterocycles. The van der Waals surface area contributed by atoms with Crippen molar-refractivity contribution >= 4 is 50.6 Å².